The van der Waals surface area contributed by atoms with Crippen molar-refractivity contribution in [3.05, 3.63) is 36.0 Å². The highest BCUT2D eigenvalue weighted by Crippen LogP contribution is 2.29. The summed E-state index contributed by atoms with van der Waals surface area (Å²) >= 11 is 0. The lowest BCUT2D eigenvalue weighted by atomic mass is 10.1. The van der Waals surface area contributed by atoms with E-state index in [-0.39, 0.29) is 11.8 Å². The largest absolute Gasteiger partial charge is 0.322 e. The summed E-state index contributed by atoms with van der Waals surface area (Å²) < 4.78 is 0. The molecule has 0 atom stereocenters. The number of carbonyl (C=O) groups is 1. The lowest BCUT2D eigenvalue weighted by Gasteiger charge is -2.09. The van der Waals surface area contributed by atoms with Crippen LogP contribution in [0.2, 0.25) is 0 Å². The smallest absolute Gasteiger partial charge is 0.227 e. The number of aromatic amines is 1. The Bertz CT molecular complexity index is 558. The van der Waals surface area contributed by atoms with Crippen LogP contribution < -0.4 is 5.32 Å². The number of hydrogen-bond donors (Lipinski definition) is 2. The van der Waals surface area contributed by atoms with E-state index in [1.807, 2.05) is 51.1 Å². The molecular formula is C15H19N3O. The maximum absolute atomic E-state index is 11.9. The van der Waals surface area contributed by atoms with Gasteiger partial charge in [0.05, 0.1) is 11.4 Å². The third-order valence-electron chi connectivity index (χ3n) is 3.01. The number of benzene rings is 1. The molecule has 0 saturated carbocycles. The van der Waals surface area contributed by atoms with Gasteiger partial charge in [0.1, 0.15) is 5.69 Å². The fourth-order valence-corrected chi connectivity index (χ4v) is 1.84. The van der Waals surface area contributed by atoms with E-state index in [9.17, 15) is 4.79 Å². The van der Waals surface area contributed by atoms with E-state index in [4.69, 9.17) is 0 Å². The molecule has 1 aromatic heterocycles. The third-order valence-corrected chi connectivity index (χ3v) is 3.01. The lowest BCUT2D eigenvalue weighted by molar-refractivity contribution is -0.118. The fourth-order valence-electron chi connectivity index (χ4n) is 1.84. The topological polar surface area (TPSA) is 57.8 Å². The summed E-state index contributed by atoms with van der Waals surface area (Å²) in [7, 11) is 0. The molecule has 0 unspecified atom stereocenters. The molecule has 100 valence electrons. The van der Waals surface area contributed by atoms with E-state index in [0.717, 1.165) is 29.1 Å². The quantitative estimate of drug-likeness (QED) is 0.883. The Balaban J connectivity index is 2.40. The summed E-state index contributed by atoms with van der Waals surface area (Å²) in [6, 6.07) is 9.86. The third kappa shape index (κ3) is 2.84. The molecule has 1 heterocycles. The number of nitrogens with one attached hydrogen (secondary N) is 2. The van der Waals surface area contributed by atoms with Crippen LogP contribution in [0.3, 0.4) is 0 Å². The Kier molecular flexibility index (Phi) is 4.00. The number of amides is 1. The van der Waals surface area contributed by atoms with Crippen LogP contribution in [0, 0.1) is 5.92 Å². The summed E-state index contributed by atoms with van der Waals surface area (Å²) in [6.07, 6.45) is 0.799. The molecule has 1 aromatic carbocycles. The number of aryl methyl sites for hydroxylation is 1. The predicted octanol–water partition coefficient (Wildman–Crippen LogP) is 3.23. The van der Waals surface area contributed by atoms with Crippen LogP contribution in [-0.2, 0) is 11.2 Å². The number of nitrogens with zero attached hydrogens (tertiary/aromatic N) is 1. The van der Waals surface area contributed by atoms with Gasteiger partial charge in [0.15, 0.2) is 0 Å². The highest BCUT2D eigenvalue weighted by atomic mass is 16.1. The molecule has 0 radical (unpaired) electrons. The van der Waals surface area contributed by atoms with Crippen molar-refractivity contribution in [2.75, 3.05) is 5.32 Å². The van der Waals surface area contributed by atoms with E-state index < -0.39 is 0 Å². The first-order valence-electron chi connectivity index (χ1n) is 6.57. The molecule has 0 spiro atoms. The monoisotopic (exact) mass is 257 g/mol. The van der Waals surface area contributed by atoms with E-state index in [0.29, 0.717) is 0 Å². The van der Waals surface area contributed by atoms with Crippen LogP contribution in [0.4, 0.5) is 5.69 Å². The zero-order valence-electron chi connectivity index (χ0n) is 11.5. The van der Waals surface area contributed by atoms with Crippen LogP contribution in [0.15, 0.2) is 30.3 Å². The van der Waals surface area contributed by atoms with Crippen LogP contribution in [0.25, 0.3) is 11.3 Å². The van der Waals surface area contributed by atoms with Gasteiger partial charge in [0.2, 0.25) is 5.91 Å². The molecule has 0 saturated heterocycles. The number of carbonyl (C=O) groups excluding carboxylic acids is 1. The Labute approximate surface area is 113 Å². The second-order valence-corrected chi connectivity index (χ2v) is 4.79. The molecular weight excluding hydrogens is 238 g/mol. The maximum atomic E-state index is 11.9. The van der Waals surface area contributed by atoms with Gasteiger partial charge >= 0.3 is 0 Å². The van der Waals surface area contributed by atoms with Crippen molar-refractivity contribution in [2.24, 2.45) is 5.92 Å². The number of aromatic nitrogens is 2. The van der Waals surface area contributed by atoms with Crippen molar-refractivity contribution in [3.63, 3.8) is 0 Å². The highest BCUT2D eigenvalue weighted by molar-refractivity contribution is 5.96. The second-order valence-electron chi connectivity index (χ2n) is 4.79. The van der Waals surface area contributed by atoms with Crippen molar-refractivity contribution in [1.29, 1.82) is 0 Å². The Morgan fingerprint density at radius 2 is 2.00 bits per heavy atom. The molecule has 1 amide bonds. The molecule has 2 N–H and O–H groups in total. The Hall–Kier alpha value is -2.10. The minimum atomic E-state index is -0.0526. The van der Waals surface area contributed by atoms with Gasteiger partial charge in [0.25, 0.3) is 0 Å². The molecule has 4 nitrogen and oxygen atoms in total. The van der Waals surface area contributed by atoms with Crippen LogP contribution in [-0.4, -0.2) is 16.1 Å². The second kappa shape index (κ2) is 5.69. The van der Waals surface area contributed by atoms with Crippen molar-refractivity contribution in [3.8, 4) is 11.3 Å². The summed E-state index contributed by atoms with van der Waals surface area (Å²) in [5.41, 5.74) is 3.55. The zero-order valence-corrected chi connectivity index (χ0v) is 11.5. The zero-order chi connectivity index (χ0) is 13.8. The summed E-state index contributed by atoms with van der Waals surface area (Å²) in [5.74, 6) is -0.0449. The Morgan fingerprint density at radius 3 is 2.58 bits per heavy atom. The average Bonchev–Trinajstić information content (AvgIpc) is 2.82. The SMILES string of the molecule is CCc1[nH]nc(-c2ccccc2)c1NC(=O)C(C)C. The average molecular weight is 257 g/mol. The molecule has 0 aliphatic rings. The van der Waals surface area contributed by atoms with Crippen LogP contribution in [0.5, 0.6) is 0 Å². The van der Waals surface area contributed by atoms with Gasteiger partial charge in [-0.15, -0.1) is 0 Å². The van der Waals surface area contributed by atoms with Gasteiger partial charge in [-0.25, -0.2) is 0 Å². The van der Waals surface area contributed by atoms with Gasteiger partial charge < -0.3 is 5.32 Å². The van der Waals surface area contributed by atoms with Crippen molar-refractivity contribution in [2.45, 2.75) is 27.2 Å². The molecule has 0 fully saturated rings. The standard InChI is InChI=1S/C15H19N3O/c1-4-12-14(16-15(19)10(2)3)13(18-17-12)11-8-6-5-7-9-11/h5-10H,4H2,1-3H3,(H,16,19)(H,17,18). The van der Waals surface area contributed by atoms with Crippen LogP contribution >= 0.6 is 0 Å². The molecule has 0 bridgehead atoms. The van der Waals surface area contributed by atoms with E-state index >= 15 is 0 Å². The van der Waals surface area contributed by atoms with Crippen LogP contribution in [0.1, 0.15) is 26.5 Å². The first kappa shape index (κ1) is 13.3. The number of rotatable bonds is 4. The molecule has 19 heavy (non-hydrogen) atoms. The van der Waals surface area contributed by atoms with Gasteiger partial charge in [-0.3, -0.25) is 9.89 Å². The minimum Gasteiger partial charge on any atom is -0.322 e. The maximum Gasteiger partial charge on any atom is 0.227 e. The normalized spacial score (nSPS) is 10.7. The number of anilines is 1. The summed E-state index contributed by atoms with van der Waals surface area (Å²) in [5, 5.41) is 10.3. The first-order chi connectivity index (χ1) is 9.13. The van der Waals surface area contributed by atoms with Gasteiger partial charge in [-0.05, 0) is 6.42 Å². The number of H-pyrrole nitrogens is 1. The van der Waals surface area contributed by atoms with Gasteiger partial charge in [-0.2, -0.15) is 5.10 Å². The summed E-state index contributed by atoms with van der Waals surface area (Å²) in [4.78, 5) is 11.9. The molecule has 2 rings (SSSR count). The first-order valence-corrected chi connectivity index (χ1v) is 6.57. The van der Waals surface area contributed by atoms with Crippen molar-refractivity contribution >= 4 is 11.6 Å². The van der Waals surface area contributed by atoms with Crippen molar-refractivity contribution < 1.29 is 4.79 Å². The lowest BCUT2D eigenvalue weighted by Crippen LogP contribution is -2.18. The Morgan fingerprint density at radius 1 is 1.32 bits per heavy atom. The predicted molar refractivity (Wildman–Crippen MR) is 76.9 cm³/mol. The molecule has 0 aliphatic carbocycles. The minimum absolute atomic E-state index is 0.00767. The molecule has 2 aromatic rings. The number of hydrogen-bond acceptors (Lipinski definition) is 2. The molecule has 4 heteroatoms. The van der Waals surface area contributed by atoms with Gasteiger partial charge in [0, 0.05) is 11.5 Å². The molecule has 0 aliphatic heterocycles. The van der Waals surface area contributed by atoms with Crippen molar-refractivity contribution in [1.82, 2.24) is 10.2 Å². The van der Waals surface area contributed by atoms with E-state index in [2.05, 4.69) is 15.5 Å². The van der Waals surface area contributed by atoms with E-state index in [1.165, 1.54) is 0 Å². The fraction of sp³-hybridized carbons (Fsp3) is 0.333. The highest BCUT2D eigenvalue weighted by Gasteiger charge is 2.17. The summed E-state index contributed by atoms with van der Waals surface area (Å²) in [6.45, 7) is 5.79. The van der Waals surface area contributed by atoms with Gasteiger partial charge in [-0.1, -0.05) is 51.1 Å². The van der Waals surface area contributed by atoms with E-state index in [1.54, 1.807) is 0 Å².